The van der Waals surface area contributed by atoms with Crippen molar-refractivity contribution in [2.75, 3.05) is 19.3 Å². The van der Waals surface area contributed by atoms with Gasteiger partial charge < -0.3 is 10.2 Å². The van der Waals surface area contributed by atoms with Crippen molar-refractivity contribution in [1.29, 1.82) is 0 Å². The predicted molar refractivity (Wildman–Crippen MR) is 125 cm³/mol. The minimum absolute atomic E-state index is 0.136. The van der Waals surface area contributed by atoms with Gasteiger partial charge in [0.25, 0.3) is 0 Å². The van der Waals surface area contributed by atoms with Gasteiger partial charge in [0, 0.05) is 19.1 Å². The Labute approximate surface area is 186 Å². The summed E-state index contributed by atoms with van der Waals surface area (Å²) in [4.78, 5) is 14.5. The van der Waals surface area contributed by atoms with Crippen molar-refractivity contribution in [3.8, 4) is 0 Å². The number of rotatable bonds is 7. The van der Waals surface area contributed by atoms with Crippen molar-refractivity contribution in [2.45, 2.75) is 51.6 Å². The molecule has 0 saturated carbocycles. The highest BCUT2D eigenvalue weighted by molar-refractivity contribution is 7.88. The van der Waals surface area contributed by atoms with Crippen molar-refractivity contribution in [1.82, 2.24) is 14.9 Å². The van der Waals surface area contributed by atoms with E-state index >= 15 is 0 Å². The molecule has 1 saturated heterocycles. The summed E-state index contributed by atoms with van der Waals surface area (Å²) >= 11 is 0. The minimum atomic E-state index is -3.37. The van der Waals surface area contributed by atoms with Gasteiger partial charge in [-0.3, -0.25) is 0 Å². The second kappa shape index (κ2) is 10.3. The normalized spacial score (nSPS) is 19.3. The molecule has 0 aliphatic carbocycles. The van der Waals surface area contributed by atoms with Crippen molar-refractivity contribution >= 4 is 16.1 Å². The highest BCUT2D eigenvalue weighted by Crippen LogP contribution is 2.23. The van der Waals surface area contributed by atoms with E-state index in [9.17, 15) is 13.2 Å². The van der Waals surface area contributed by atoms with Crippen molar-refractivity contribution < 1.29 is 13.2 Å². The van der Waals surface area contributed by atoms with E-state index < -0.39 is 10.0 Å². The molecule has 1 fully saturated rings. The molecule has 0 aromatic heterocycles. The highest BCUT2D eigenvalue weighted by atomic mass is 32.2. The number of carbonyl (C=O) groups is 1. The molecular weight excluding hydrogens is 410 g/mol. The van der Waals surface area contributed by atoms with Crippen LogP contribution in [0.4, 0.5) is 4.79 Å². The van der Waals surface area contributed by atoms with Crippen LogP contribution in [0.3, 0.4) is 0 Å². The van der Waals surface area contributed by atoms with E-state index in [1.54, 1.807) is 4.90 Å². The Kier molecular flexibility index (Phi) is 7.73. The predicted octanol–water partition coefficient (Wildman–Crippen LogP) is 3.24. The molecule has 168 valence electrons. The van der Waals surface area contributed by atoms with E-state index in [1.165, 1.54) is 22.9 Å². The number of nitrogens with zero attached hydrogens (tertiary/aromatic N) is 1. The van der Waals surface area contributed by atoms with E-state index in [0.717, 1.165) is 24.8 Å². The van der Waals surface area contributed by atoms with Gasteiger partial charge in [-0.25, -0.2) is 17.9 Å². The molecule has 2 N–H and O–H groups in total. The second-order valence-electron chi connectivity index (χ2n) is 8.42. The van der Waals surface area contributed by atoms with Crippen molar-refractivity contribution in [3.63, 3.8) is 0 Å². The zero-order chi connectivity index (χ0) is 22.4. The summed E-state index contributed by atoms with van der Waals surface area (Å²) in [5.74, 6) is 0. The summed E-state index contributed by atoms with van der Waals surface area (Å²) < 4.78 is 26.7. The van der Waals surface area contributed by atoms with Crippen LogP contribution < -0.4 is 10.0 Å². The Balaban J connectivity index is 1.83. The van der Waals surface area contributed by atoms with Crippen molar-refractivity contribution in [2.24, 2.45) is 0 Å². The zero-order valence-electron chi connectivity index (χ0n) is 18.6. The molecule has 7 heteroatoms. The molecule has 0 spiro atoms. The summed E-state index contributed by atoms with van der Waals surface area (Å²) in [5.41, 5.74) is 4.81. The summed E-state index contributed by atoms with van der Waals surface area (Å²) in [6, 6.07) is 16.2. The Bertz CT molecular complexity index is 1010. The van der Waals surface area contributed by atoms with E-state index in [0.29, 0.717) is 19.5 Å². The summed E-state index contributed by atoms with van der Waals surface area (Å²) in [5, 5.41) is 2.87. The number of likely N-dealkylation sites (tertiary alicyclic amines) is 1. The first-order chi connectivity index (χ1) is 14.7. The van der Waals surface area contributed by atoms with Crippen LogP contribution in [0, 0.1) is 6.92 Å². The molecule has 3 rings (SSSR count). The van der Waals surface area contributed by atoms with Crippen LogP contribution in [0.2, 0.25) is 0 Å². The van der Waals surface area contributed by atoms with E-state index in [2.05, 4.69) is 59.4 Å². The number of amides is 2. The maximum absolute atomic E-state index is 12.7. The number of benzene rings is 2. The maximum Gasteiger partial charge on any atom is 0.317 e. The average Bonchev–Trinajstić information content (AvgIpc) is 2.69. The van der Waals surface area contributed by atoms with Gasteiger partial charge in [0.15, 0.2) is 0 Å². The summed E-state index contributed by atoms with van der Waals surface area (Å²) in [6.45, 7) is 5.14. The van der Waals surface area contributed by atoms with Gasteiger partial charge in [-0.05, 0) is 56.2 Å². The molecule has 0 unspecified atom stereocenters. The van der Waals surface area contributed by atoms with Crippen LogP contribution >= 0.6 is 0 Å². The number of hydrogen-bond acceptors (Lipinski definition) is 3. The molecule has 31 heavy (non-hydrogen) atoms. The van der Waals surface area contributed by atoms with E-state index in [1.807, 2.05) is 13.0 Å². The monoisotopic (exact) mass is 443 g/mol. The SMILES string of the molecule is CCNC(=O)N1CCC[C@H](NS(C)(=O)=O)[C@@H]1Cc1cccc(Cc2cccc(C)c2)c1. The van der Waals surface area contributed by atoms with Gasteiger partial charge in [-0.2, -0.15) is 0 Å². The Morgan fingerprint density at radius 2 is 1.77 bits per heavy atom. The molecule has 1 aliphatic rings. The van der Waals surface area contributed by atoms with Crippen LogP contribution in [-0.2, 0) is 22.9 Å². The van der Waals surface area contributed by atoms with Crippen LogP contribution in [0.15, 0.2) is 48.5 Å². The molecule has 2 atom stereocenters. The molecular formula is C24H33N3O3S. The largest absolute Gasteiger partial charge is 0.338 e. The quantitative estimate of drug-likeness (QED) is 0.690. The third-order valence-corrected chi connectivity index (χ3v) is 6.39. The standard InChI is InChI=1S/C24H33N3O3S/c1-4-25-24(28)27-13-7-12-22(26-31(3,29)30)23(27)17-21-11-6-10-20(16-21)15-19-9-5-8-18(2)14-19/h5-6,8-11,14,16,22-23,26H,4,7,12-13,15,17H2,1-3H3,(H,25,28)/t22-,23-/m0/s1. The number of carbonyl (C=O) groups excluding carboxylic acids is 1. The molecule has 1 aliphatic heterocycles. The van der Waals surface area contributed by atoms with Crippen LogP contribution in [-0.4, -0.2) is 50.8 Å². The molecule has 2 aromatic carbocycles. The molecule has 0 bridgehead atoms. The number of piperidine rings is 1. The first-order valence-electron chi connectivity index (χ1n) is 10.9. The molecule has 2 aromatic rings. The molecule has 0 radical (unpaired) electrons. The number of aryl methyl sites for hydroxylation is 1. The summed E-state index contributed by atoms with van der Waals surface area (Å²) in [6.07, 6.45) is 4.11. The topological polar surface area (TPSA) is 78.5 Å². The van der Waals surface area contributed by atoms with Crippen LogP contribution in [0.25, 0.3) is 0 Å². The zero-order valence-corrected chi connectivity index (χ0v) is 19.4. The van der Waals surface area contributed by atoms with Gasteiger partial charge in [-0.15, -0.1) is 0 Å². The van der Waals surface area contributed by atoms with Crippen molar-refractivity contribution in [3.05, 3.63) is 70.8 Å². The maximum atomic E-state index is 12.7. The molecule has 1 heterocycles. The average molecular weight is 444 g/mol. The fraction of sp³-hybridized carbons (Fsp3) is 0.458. The lowest BCUT2D eigenvalue weighted by Gasteiger charge is -2.41. The Morgan fingerprint density at radius 1 is 1.10 bits per heavy atom. The minimum Gasteiger partial charge on any atom is -0.338 e. The Morgan fingerprint density at radius 3 is 2.45 bits per heavy atom. The van der Waals surface area contributed by atoms with Crippen LogP contribution in [0.1, 0.15) is 42.0 Å². The third-order valence-electron chi connectivity index (χ3n) is 5.66. The molecule has 2 amide bonds. The van der Waals surface area contributed by atoms with Crippen LogP contribution in [0.5, 0.6) is 0 Å². The number of urea groups is 1. The van der Waals surface area contributed by atoms with E-state index in [4.69, 9.17) is 0 Å². The van der Waals surface area contributed by atoms with Gasteiger partial charge in [0.1, 0.15) is 0 Å². The van der Waals surface area contributed by atoms with Gasteiger partial charge in [-0.1, -0.05) is 54.1 Å². The van der Waals surface area contributed by atoms with E-state index in [-0.39, 0.29) is 18.1 Å². The lowest BCUT2D eigenvalue weighted by Crippen LogP contribution is -2.59. The summed E-state index contributed by atoms with van der Waals surface area (Å²) in [7, 11) is -3.37. The number of sulfonamides is 1. The first kappa shape index (κ1) is 23.3. The first-order valence-corrected chi connectivity index (χ1v) is 12.8. The lowest BCUT2D eigenvalue weighted by molar-refractivity contribution is 0.134. The fourth-order valence-electron chi connectivity index (χ4n) is 4.39. The smallest absolute Gasteiger partial charge is 0.317 e. The number of nitrogens with one attached hydrogen (secondary N) is 2. The highest BCUT2D eigenvalue weighted by Gasteiger charge is 2.35. The van der Waals surface area contributed by atoms with Gasteiger partial charge in [0.2, 0.25) is 10.0 Å². The lowest BCUT2D eigenvalue weighted by atomic mass is 9.90. The third kappa shape index (κ3) is 6.80. The fourth-order valence-corrected chi connectivity index (χ4v) is 5.22. The Hall–Kier alpha value is -2.38. The second-order valence-corrected chi connectivity index (χ2v) is 10.2. The van der Waals surface area contributed by atoms with Gasteiger partial charge in [0.05, 0.1) is 12.3 Å². The van der Waals surface area contributed by atoms with Gasteiger partial charge >= 0.3 is 6.03 Å². The molecule has 6 nitrogen and oxygen atoms in total. The number of hydrogen-bond donors (Lipinski definition) is 2.